The topological polar surface area (TPSA) is 96.2 Å². The Bertz CT molecular complexity index is 527. The van der Waals surface area contributed by atoms with Gasteiger partial charge >= 0.3 is 0 Å². The second-order valence-electron chi connectivity index (χ2n) is 12.2. The lowest BCUT2D eigenvalue weighted by Crippen LogP contribution is -2.51. The Morgan fingerprint density at radius 3 is 1.68 bits per heavy atom. The average Bonchev–Trinajstić information content (AvgIpc) is 2.55. The molecule has 2 atom stereocenters. The Morgan fingerprint density at radius 1 is 0.710 bits per heavy atom. The summed E-state index contributed by atoms with van der Waals surface area (Å²) in [5.41, 5.74) is 5.62. The van der Waals surface area contributed by atoms with Gasteiger partial charge in [0.2, 0.25) is 11.8 Å². The summed E-state index contributed by atoms with van der Waals surface area (Å²) in [6, 6.07) is -0.505. The number of nitrogens with one attached hydrogen (secondary N) is 3. The third-order valence-electron chi connectivity index (χ3n) is 5.01. The maximum Gasteiger partial charge on any atom is 0.237 e. The molecule has 0 unspecified atom stereocenters. The molecule has 0 aromatic rings. The van der Waals surface area contributed by atoms with Crippen LogP contribution in [0.25, 0.3) is 0 Å². The molecule has 5 N–H and O–H groups in total. The Labute approximate surface area is 192 Å². The van der Waals surface area contributed by atoms with Gasteiger partial charge in [0, 0.05) is 17.6 Å². The minimum absolute atomic E-state index is 0.0741. The Morgan fingerprint density at radius 2 is 1.19 bits per heavy atom. The molecule has 0 aromatic carbocycles. The fourth-order valence-electron chi connectivity index (χ4n) is 3.59. The van der Waals surface area contributed by atoms with Gasteiger partial charge in [0.05, 0.1) is 12.1 Å². The zero-order valence-electron chi connectivity index (χ0n) is 21.9. The first kappa shape index (κ1) is 29.9. The summed E-state index contributed by atoms with van der Waals surface area (Å²) < 4.78 is 0. The minimum atomic E-state index is -0.334. The quantitative estimate of drug-likeness (QED) is 0.303. The molecule has 2 amide bonds. The number of hydrogen-bond acceptors (Lipinski definition) is 4. The van der Waals surface area contributed by atoms with Gasteiger partial charge in [-0.15, -0.1) is 0 Å². The van der Waals surface area contributed by atoms with Crippen LogP contribution < -0.4 is 21.7 Å². The number of nitrogens with two attached hydrogens (primary N) is 1. The molecule has 0 aromatic heterocycles. The van der Waals surface area contributed by atoms with Crippen LogP contribution in [0.2, 0.25) is 0 Å². The number of carbonyl (C=O) groups excluding carboxylic acids is 2. The molecule has 0 aliphatic rings. The van der Waals surface area contributed by atoms with Crippen molar-refractivity contribution < 1.29 is 9.59 Å². The second-order valence-corrected chi connectivity index (χ2v) is 12.2. The van der Waals surface area contributed by atoms with Crippen LogP contribution in [-0.4, -0.2) is 41.5 Å². The van der Waals surface area contributed by atoms with Crippen LogP contribution in [0.3, 0.4) is 0 Å². The molecule has 0 rings (SSSR count). The van der Waals surface area contributed by atoms with Crippen LogP contribution in [0, 0.1) is 5.41 Å². The molecule has 184 valence electrons. The van der Waals surface area contributed by atoms with Gasteiger partial charge in [-0.25, -0.2) is 0 Å². The molecule has 31 heavy (non-hydrogen) atoms. The Balaban J connectivity index is 4.42. The van der Waals surface area contributed by atoms with Gasteiger partial charge in [0.25, 0.3) is 0 Å². The average molecular weight is 441 g/mol. The monoisotopic (exact) mass is 440 g/mol. The van der Waals surface area contributed by atoms with E-state index in [1.165, 1.54) is 12.8 Å². The van der Waals surface area contributed by atoms with Crippen LogP contribution in [-0.2, 0) is 9.59 Å². The number of hydrogen-bond donors (Lipinski definition) is 4. The first-order chi connectivity index (χ1) is 14.0. The molecule has 0 bridgehead atoms. The lowest BCUT2D eigenvalue weighted by Gasteiger charge is -2.28. The SMILES string of the molecule is CC(C)(C)CCCCC[C@H](NC(C)(C)C)C(=O)NCCCC[C@H](NC(C)(C)C)C(N)=O. The maximum atomic E-state index is 12.8. The van der Waals surface area contributed by atoms with E-state index in [9.17, 15) is 9.59 Å². The zero-order chi connectivity index (χ0) is 24.3. The van der Waals surface area contributed by atoms with E-state index in [4.69, 9.17) is 5.73 Å². The van der Waals surface area contributed by atoms with E-state index < -0.39 is 0 Å². The van der Waals surface area contributed by atoms with Crippen molar-refractivity contribution in [3.05, 3.63) is 0 Å². The van der Waals surface area contributed by atoms with Crippen LogP contribution in [0.4, 0.5) is 0 Å². The summed E-state index contributed by atoms with van der Waals surface area (Å²) in [6.45, 7) is 19.8. The van der Waals surface area contributed by atoms with Gasteiger partial charge in [-0.1, -0.05) is 40.0 Å². The normalized spacial score (nSPS) is 14.9. The highest BCUT2D eigenvalue weighted by molar-refractivity contribution is 5.81. The third kappa shape index (κ3) is 18.2. The number of primary amides is 1. The molecule has 6 heteroatoms. The van der Waals surface area contributed by atoms with E-state index in [-0.39, 0.29) is 35.0 Å². The van der Waals surface area contributed by atoms with E-state index in [1.54, 1.807) is 0 Å². The maximum absolute atomic E-state index is 12.8. The van der Waals surface area contributed by atoms with Gasteiger partial charge in [0.15, 0.2) is 0 Å². The van der Waals surface area contributed by atoms with Crippen molar-refractivity contribution in [3.8, 4) is 0 Å². The van der Waals surface area contributed by atoms with E-state index in [1.807, 2.05) is 20.8 Å². The fourth-order valence-corrected chi connectivity index (χ4v) is 3.59. The van der Waals surface area contributed by atoms with Crippen LogP contribution in [0.5, 0.6) is 0 Å². The Kier molecular flexibility index (Phi) is 12.9. The van der Waals surface area contributed by atoms with Gasteiger partial charge < -0.3 is 21.7 Å². The first-order valence-electron chi connectivity index (χ1n) is 12.1. The van der Waals surface area contributed by atoms with E-state index >= 15 is 0 Å². The van der Waals surface area contributed by atoms with Gasteiger partial charge in [-0.3, -0.25) is 9.59 Å². The molecule has 0 heterocycles. The predicted octanol–water partition coefficient (Wildman–Crippen LogP) is 4.27. The standard InChI is InChI=1S/C25H52N4O2/c1-23(2,3)17-13-10-11-16-20(29-25(7,8)9)22(31)27-18-14-12-15-19(21(26)30)28-24(4,5)6/h19-20,28-29H,10-18H2,1-9H3,(H2,26,30)(H,27,31)/t19-,20-/m0/s1. The third-order valence-corrected chi connectivity index (χ3v) is 5.01. The summed E-state index contributed by atoms with van der Waals surface area (Å²) in [6.07, 6.45) is 7.82. The summed E-state index contributed by atoms with van der Waals surface area (Å²) in [4.78, 5) is 24.4. The summed E-state index contributed by atoms with van der Waals surface area (Å²) in [5.74, 6) is -0.245. The Hall–Kier alpha value is -1.14. The molecule has 0 fully saturated rings. The van der Waals surface area contributed by atoms with E-state index in [0.717, 1.165) is 32.1 Å². The molecule has 6 nitrogen and oxygen atoms in total. The summed E-state index contributed by atoms with van der Waals surface area (Å²) in [5, 5.41) is 9.83. The van der Waals surface area contributed by atoms with Crippen LogP contribution in [0.15, 0.2) is 0 Å². The number of rotatable bonds is 14. The lowest BCUT2D eigenvalue weighted by molar-refractivity contribution is -0.124. The van der Waals surface area contributed by atoms with Crippen molar-refractivity contribution in [1.82, 2.24) is 16.0 Å². The van der Waals surface area contributed by atoms with Crippen molar-refractivity contribution in [2.24, 2.45) is 11.1 Å². The predicted molar refractivity (Wildman–Crippen MR) is 132 cm³/mol. The highest BCUT2D eigenvalue weighted by Crippen LogP contribution is 2.22. The van der Waals surface area contributed by atoms with Gasteiger partial charge in [-0.05, 0) is 79.1 Å². The second kappa shape index (κ2) is 13.4. The summed E-state index contributed by atoms with van der Waals surface area (Å²) >= 11 is 0. The zero-order valence-corrected chi connectivity index (χ0v) is 21.9. The fraction of sp³-hybridized carbons (Fsp3) is 0.920. The molecule has 0 saturated heterocycles. The first-order valence-corrected chi connectivity index (χ1v) is 12.1. The van der Waals surface area contributed by atoms with Crippen LogP contribution >= 0.6 is 0 Å². The summed E-state index contributed by atoms with van der Waals surface area (Å²) in [7, 11) is 0. The number of carbonyl (C=O) groups is 2. The van der Waals surface area contributed by atoms with Gasteiger partial charge in [-0.2, -0.15) is 0 Å². The highest BCUT2D eigenvalue weighted by Gasteiger charge is 2.24. The molecule has 0 saturated carbocycles. The largest absolute Gasteiger partial charge is 0.368 e. The highest BCUT2D eigenvalue weighted by atomic mass is 16.2. The van der Waals surface area contributed by atoms with E-state index in [2.05, 4.69) is 57.5 Å². The van der Waals surface area contributed by atoms with Gasteiger partial charge in [0.1, 0.15) is 0 Å². The minimum Gasteiger partial charge on any atom is -0.368 e. The van der Waals surface area contributed by atoms with Crippen molar-refractivity contribution in [2.75, 3.05) is 6.54 Å². The smallest absolute Gasteiger partial charge is 0.237 e. The van der Waals surface area contributed by atoms with Crippen molar-refractivity contribution in [2.45, 2.75) is 137 Å². The number of unbranched alkanes of at least 4 members (excludes halogenated alkanes) is 3. The lowest BCUT2D eigenvalue weighted by atomic mass is 9.89. The van der Waals surface area contributed by atoms with E-state index in [0.29, 0.717) is 18.4 Å². The molecule has 0 aliphatic carbocycles. The molecule has 0 radical (unpaired) electrons. The number of amides is 2. The molecule has 0 spiro atoms. The molecular formula is C25H52N4O2. The van der Waals surface area contributed by atoms with Crippen molar-refractivity contribution in [1.29, 1.82) is 0 Å². The molecular weight excluding hydrogens is 388 g/mol. The van der Waals surface area contributed by atoms with Crippen LogP contribution in [0.1, 0.15) is 114 Å². The van der Waals surface area contributed by atoms with Crippen molar-refractivity contribution in [3.63, 3.8) is 0 Å². The molecule has 0 aliphatic heterocycles. The van der Waals surface area contributed by atoms with Crippen molar-refractivity contribution >= 4 is 11.8 Å².